The fourth-order valence-corrected chi connectivity index (χ4v) is 3.87. The topological polar surface area (TPSA) is 32.3 Å². The third kappa shape index (κ3) is 3.99. The molecule has 3 rings (SSSR count). The number of carbonyl (C=O) groups excluding carboxylic acids is 1. The number of halogens is 2. The Labute approximate surface area is 148 Å². The molecule has 114 valence electrons. The van der Waals surface area contributed by atoms with Gasteiger partial charge in [0.15, 0.2) is 0 Å². The number of piperidine rings is 1. The molecule has 1 aromatic rings. The number of amides is 1. The van der Waals surface area contributed by atoms with Crippen LogP contribution in [0.25, 0.3) is 0 Å². The van der Waals surface area contributed by atoms with Gasteiger partial charge in [-0.3, -0.25) is 4.79 Å². The average Bonchev–Trinajstić information content (AvgIpc) is 3.32. The molecule has 1 saturated carbocycles. The lowest BCUT2D eigenvalue weighted by Crippen LogP contribution is -2.42. The van der Waals surface area contributed by atoms with Crippen LogP contribution in [0.5, 0.6) is 0 Å². The summed E-state index contributed by atoms with van der Waals surface area (Å²) >= 11 is 5.80. The largest absolute Gasteiger partial charge is 0.335 e. The van der Waals surface area contributed by atoms with E-state index in [4.69, 9.17) is 0 Å². The van der Waals surface area contributed by atoms with Gasteiger partial charge in [-0.05, 0) is 101 Å². The summed E-state index contributed by atoms with van der Waals surface area (Å²) in [6, 6.07) is 6.45. The maximum absolute atomic E-state index is 12.9. The van der Waals surface area contributed by atoms with E-state index in [1.54, 1.807) is 0 Å². The zero-order valence-electron chi connectivity index (χ0n) is 11.9. The third-order valence-corrected chi connectivity index (χ3v) is 5.62. The Bertz CT molecular complexity index is 527. The van der Waals surface area contributed by atoms with Crippen LogP contribution in [0, 0.1) is 9.49 Å². The highest BCUT2D eigenvalue weighted by Crippen LogP contribution is 2.31. The van der Waals surface area contributed by atoms with E-state index in [0.717, 1.165) is 46.1 Å². The second-order valence-corrected chi connectivity index (χ2v) is 8.13. The van der Waals surface area contributed by atoms with Crippen molar-refractivity contribution in [2.45, 2.75) is 31.7 Å². The van der Waals surface area contributed by atoms with E-state index in [1.807, 2.05) is 18.2 Å². The van der Waals surface area contributed by atoms with Crippen LogP contribution < -0.4 is 5.32 Å². The first-order chi connectivity index (χ1) is 10.1. The molecule has 0 spiro atoms. The first-order valence-corrected chi connectivity index (χ1v) is 9.49. The van der Waals surface area contributed by atoms with Crippen LogP contribution in [-0.4, -0.2) is 36.5 Å². The molecule has 2 aliphatic rings. The summed E-state index contributed by atoms with van der Waals surface area (Å²) in [5.41, 5.74) is 0.803. The molecular weight excluding hydrogens is 443 g/mol. The Balaban J connectivity index is 1.76. The molecule has 21 heavy (non-hydrogen) atoms. The van der Waals surface area contributed by atoms with Gasteiger partial charge in [0.1, 0.15) is 0 Å². The molecule has 1 saturated heterocycles. The molecule has 1 aliphatic heterocycles. The lowest BCUT2D eigenvalue weighted by Gasteiger charge is -2.30. The molecule has 1 aliphatic carbocycles. The number of benzene rings is 1. The smallest absolute Gasteiger partial charge is 0.255 e. The standard InChI is InChI=1S/C16H20BrIN2O/c17-15-6-3-12(18)8-14(15)16(21)20(13-4-5-13)10-11-2-1-7-19-9-11/h3,6,8,11,13,19H,1-2,4-5,7,9-10H2. The van der Waals surface area contributed by atoms with Crippen molar-refractivity contribution in [3.05, 3.63) is 31.8 Å². The molecule has 1 unspecified atom stereocenters. The Kier molecular flexibility index (Phi) is 5.22. The Hall–Kier alpha value is -0.140. The predicted molar refractivity (Wildman–Crippen MR) is 96.5 cm³/mol. The van der Waals surface area contributed by atoms with E-state index in [0.29, 0.717) is 12.0 Å². The summed E-state index contributed by atoms with van der Waals surface area (Å²) in [6.45, 7) is 3.06. The molecule has 2 fully saturated rings. The van der Waals surface area contributed by atoms with Gasteiger partial charge in [-0.25, -0.2) is 0 Å². The van der Waals surface area contributed by atoms with Crippen LogP contribution in [0.4, 0.5) is 0 Å². The number of hydrogen-bond acceptors (Lipinski definition) is 2. The van der Waals surface area contributed by atoms with Gasteiger partial charge in [0.05, 0.1) is 5.56 Å². The molecule has 3 nitrogen and oxygen atoms in total. The molecular formula is C16H20BrIN2O. The number of nitrogens with one attached hydrogen (secondary N) is 1. The Morgan fingerprint density at radius 1 is 1.38 bits per heavy atom. The SMILES string of the molecule is O=C(c1cc(I)ccc1Br)N(CC1CCCNC1)C1CC1. The molecule has 0 radical (unpaired) electrons. The summed E-state index contributed by atoms with van der Waals surface area (Å²) in [5.74, 6) is 0.790. The van der Waals surface area contributed by atoms with Crippen LogP contribution >= 0.6 is 38.5 Å². The van der Waals surface area contributed by atoms with Crippen LogP contribution in [0.15, 0.2) is 22.7 Å². The van der Waals surface area contributed by atoms with Crippen LogP contribution in [0.1, 0.15) is 36.0 Å². The van der Waals surface area contributed by atoms with Crippen molar-refractivity contribution < 1.29 is 4.79 Å². The summed E-state index contributed by atoms with van der Waals surface area (Å²) in [7, 11) is 0. The zero-order chi connectivity index (χ0) is 14.8. The summed E-state index contributed by atoms with van der Waals surface area (Å²) in [6.07, 6.45) is 4.78. The fraction of sp³-hybridized carbons (Fsp3) is 0.562. The van der Waals surface area contributed by atoms with Crippen LogP contribution in [-0.2, 0) is 0 Å². The zero-order valence-corrected chi connectivity index (χ0v) is 15.7. The van der Waals surface area contributed by atoms with Gasteiger partial charge < -0.3 is 10.2 Å². The minimum absolute atomic E-state index is 0.188. The van der Waals surface area contributed by atoms with Crippen LogP contribution in [0.3, 0.4) is 0 Å². The van der Waals surface area contributed by atoms with E-state index >= 15 is 0 Å². The maximum Gasteiger partial charge on any atom is 0.255 e. The van der Waals surface area contributed by atoms with E-state index in [1.165, 1.54) is 12.8 Å². The molecule has 5 heteroatoms. The van der Waals surface area contributed by atoms with Gasteiger partial charge in [0.25, 0.3) is 5.91 Å². The molecule has 0 aromatic heterocycles. The quantitative estimate of drug-likeness (QED) is 0.692. The second-order valence-electron chi connectivity index (χ2n) is 6.03. The molecule has 1 amide bonds. The minimum atomic E-state index is 0.188. The lowest BCUT2D eigenvalue weighted by molar-refractivity contribution is 0.0703. The lowest BCUT2D eigenvalue weighted by atomic mass is 9.98. The number of rotatable bonds is 4. The van der Waals surface area contributed by atoms with Crippen molar-refractivity contribution in [3.63, 3.8) is 0 Å². The van der Waals surface area contributed by atoms with E-state index in [2.05, 4.69) is 48.7 Å². The van der Waals surface area contributed by atoms with Crippen LogP contribution in [0.2, 0.25) is 0 Å². The van der Waals surface area contributed by atoms with Crippen molar-refractivity contribution in [3.8, 4) is 0 Å². The fourth-order valence-electron chi connectivity index (χ4n) is 2.96. The summed E-state index contributed by atoms with van der Waals surface area (Å²) in [5, 5.41) is 3.45. The second kappa shape index (κ2) is 6.96. The number of nitrogens with zero attached hydrogens (tertiary/aromatic N) is 1. The minimum Gasteiger partial charge on any atom is -0.335 e. The number of hydrogen-bond donors (Lipinski definition) is 1. The number of carbonyl (C=O) groups is 1. The summed E-state index contributed by atoms with van der Waals surface area (Å²) in [4.78, 5) is 15.1. The van der Waals surface area contributed by atoms with Crippen molar-refractivity contribution in [2.24, 2.45) is 5.92 Å². The van der Waals surface area contributed by atoms with Crippen molar-refractivity contribution >= 4 is 44.4 Å². The van der Waals surface area contributed by atoms with Crippen molar-refractivity contribution in [1.82, 2.24) is 10.2 Å². The van der Waals surface area contributed by atoms with E-state index in [9.17, 15) is 4.79 Å². The Morgan fingerprint density at radius 2 is 2.19 bits per heavy atom. The van der Waals surface area contributed by atoms with E-state index < -0.39 is 0 Å². The van der Waals surface area contributed by atoms with Gasteiger partial charge in [-0.1, -0.05) is 0 Å². The van der Waals surface area contributed by atoms with Gasteiger partial charge in [0.2, 0.25) is 0 Å². The predicted octanol–water partition coefficient (Wildman–Crippen LogP) is 3.66. The monoisotopic (exact) mass is 462 g/mol. The van der Waals surface area contributed by atoms with E-state index in [-0.39, 0.29) is 5.91 Å². The normalized spacial score (nSPS) is 22.1. The van der Waals surface area contributed by atoms with Gasteiger partial charge in [-0.2, -0.15) is 0 Å². The molecule has 1 atom stereocenters. The molecule has 1 aromatic carbocycles. The average molecular weight is 463 g/mol. The highest BCUT2D eigenvalue weighted by atomic mass is 127. The molecule has 1 heterocycles. The van der Waals surface area contributed by atoms with Gasteiger partial charge >= 0.3 is 0 Å². The van der Waals surface area contributed by atoms with Crippen molar-refractivity contribution in [1.29, 1.82) is 0 Å². The first kappa shape index (κ1) is 15.7. The highest BCUT2D eigenvalue weighted by Gasteiger charge is 2.35. The maximum atomic E-state index is 12.9. The Morgan fingerprint density at radius 3 is 2.86 bits per heavy atom. The highest BCUT2D eigenvalue weighted by molar-refractivity contribution is 14.1. The molecule has 1 N–H and O–H groups in total. The van der Waals surface area contributed by atoms with Gasteiger partial charge in [0, 0.05) is 20.6 Å². The third-order valence-electron chi connectivity index (χ3n) is 4.26. The summed E-state index contributed by atoms with van der Waals surface area (Å²) < 4.78 is 2.01. The first-order valence-electron chi connectivity index (χ1n) is 7.62. The van der Waals surface area contributed by atoms with Crippen molar-refractivity contribution in [2.75, 3.05) is 19.6 Å². The molecule has 0 bridgehead atoms. The van der Waals surface area contributed by atoms with Gasteiger partial charge in [-0.15, -0.1) is 0 Å².